The van der Waals surface area contributed by atoms with Crippen LogP contribution in [0.5, 0.6) is 5.75 Å². The molecule has 2 aliphatic heterocycles. The second-order valence-corrected chi connectivity index (χ2v) is 12.4. The number of ether oxygens (including phenoxy) is 1. The van der Waals surface area contributed by atoms with Gasteiger partial charge in [0.15, 0.2) is 12.3 Å². The zero-order chi connectivity index (χ0) is 30.2. The summed E-state index contributed by atoms with van der Waals surface area (Å²) in [6.07, 6.45) is 15.6. The summed E-state index contributed by atoms with van der Waals surface area (Å²) in [4.78, 5) is 2.31. The minimum atomic E-state index is -0.180. The number of benzene rings is 4. The van der Waals surface area contributed by atoms with E-state index in [1.165, 1.54) is 50.2 Å². The van der Waals surface area contributed by atoms with E-state index in [2.05, 4.69) is 166 Å². The maximum atomic E-state index is 5.58. The summed E-state index contributed by atoms with van der Waals surface area (Å²) in [5.41, 5.74) is 8.53. The Kier molecular flexibility index (Phi) is 7.43. The van der Waals surface area contributed by atoms with Gasteiger partial charge in [0.25, 0.3) is 0 Å². The fourth-order valence-corrected chi connectivity index (χ4v) is 6.84. The Balaban J connectivity index is 1.44. The molecule has 3 nitrogen and oxygen atoms in total. The highest BCUT2D eigenvalue weighted by Crippen LogP contribution is 2.49. The molecule has 0 saturated carbocycles. The third-order valence-corrected chi connectivity index (χ3v) is 8.99. The van der Waals surface area contributed by atoms with Gasteiger partial charge in [0.2, 0.25) is 5.69 Å². The topological polar surface area (TPSA) is 15.5 Å². The number of anilines is 1. The van der Waals surface area contributed by atoms with Crippen molar-refractivity contribution in [3.63, 3.8) is 0 Å². The number of hydrogen-bond acceptors (Lipinski definition) is 2. The zero-order valence-electron chi connectivity index (χ0n) is 26.1. The molecular weight excluding hydrogens is 524 g/mol. The Labute approximate surface area is 256 Å². The highest BCUT2D eigenvalue weighted by molar-refractivity contribution is 6.07. The summed E-state index contributed by atoms with van der Waals surface area (Å²) >= 11 is 0. The maximum absolute atomic E-state index is 5.58. The van der Waals surface area contributed by atoms with E-state index in [0.717, 1.165) is 12.3 Å². The van der Waals surface area contributed by atoms with Gasteiger partial charge in [-0.1, -0.05) is 86.7 Å². The van der Waals surface area contributed by atoms with Gasteiger partial charge in [-0.05, 0) is 79.1 Å². The molecule has 0 saturated heterocycles. The Bertz CT molecular complexity index is 1830. The van der Waals surface area contributed by atoms with Crippen molar-refractivity contribution in [2.24, 2.45) is 0 Å². The summed E-state index contributed by atoms with van der Waals surface area (Å²) in [6, 6.07) is 30.2. The van der Waals surface area contributed by atoms with Gasteiger partial charge in [0.05, 0.1) is 12.5 Å². The van der Waals surface area contributed by atoms with Crippen LogP contribution < -0.4 is 9.64 Å². The van der Waals surface area contributed by atoms with Crippen molar-refractivity contribution >= 4 is 33.9 Å². The van der Waals surface area contributed by atoms with E-state index in [1.54, 1.807) is 7.11 Å². The van der Waals surface area contributed by atoms with Gasteiger partial charge in [-0.25, -0.2) is 0 Å². The van der Waals surface area contributed by atoms with Crippen LogP contribution >= 0.6 is 0 Å². The van der Waals surface area contributed by atoms with Crippen molar-refractivity contribution in [3.05, 3.63) is 144 Å². The predicted molar refractivity (Wildman–Crippen MR) is 183 cm³/mol. The molecule has 0 bridgehead atoms. The first-order valence-corrected chi connectivity index (χ1v) is 15.2. The lowest BCUT2D eigenvalue weighted by Crippen LogP contribution is -2.28. The summed E-state index contributed by atoms with van der Waals surface area (Å²) in [5.74, 6) is 0.886. The highest BCUT2D eigenvalue weighted by Gasteiger charge is 2.45. The summed E-state index contributed by atoms with van der Waals surface area (Å²) in [7, 11) is 1.73. The highest BCUT2D eigenvalue weighted by atomic mass is 16.5. The predicted octanol–water partition coefficient (Wildman–Crippen LogP) is 9.71. The van der Waals surface area contributed by atoms with E-state index >= 15 is 0 Å². The molecule has 6 rings (SSSR count). The molecule has 0 atom stereocenters. The lowest BCUT2D eigenvalue weighted by Gasteiger charge is -2.24. The summed E-state index contributed by atoms with van der Waals surface area (Å²) < 4.78 is 8.07. The zero-order valence-corrected chi connectivity index (χ0v) is 26.1. The molecule has 0 aliphatic carbocycles. The molecule has 0 unspecified atom stereocenters. The first-order valence-electron chi connectivity index (χ1n) is 15.2. The molecule has 43 heavy (non-hydrogen) atoms. The van der Waals surface area contributed by atoms with Crippen molar-refractivity contribution in [2.45, 2.75) is 45.4 Å². The fourth-order valence-electron chi connectivity index (χ4n) is 6.84. The van der Waals surface area contributed by atoms with E-state index in [-0.39, 0.29) is 10.8 Å². The van der Waals surface area contributed by atoms with Gasteiger partial charge in [0.1, 0.15) is 5.75 Å². The van der Waals surface area contributed by atoms with Crippen LogP contribution in [0.3, 0.4) is 0 Å². The van der Waals surface area contributed by atoms with E-state index in [1.807, 2.05) is 6.07 Å². The number of hydrogen-bond donors (Lipinski definition) is 0. The van der Waals surface area contributed by atoms with Gasteiger partial charge in [-0.15, -0.1) is 0 Å². The molecule has 0 radical (unpaired) electrons. The minimum absolute atomic E-state index is 0.170. The second-order valence-electron chi connectivity index (χ2n) is 12.4. The largest absolute Gasteiger partial charge is 0.497 e. The standard InChI is InChI=1S/C40H41N2O/c1-7-26-41-34-25-23-31(43-6)28-33(34)39(2,3)36(41)20-13-21-37-40(4,5)38-32-19-12-11-18-30(32)22-24-35(38)42(37)27-14-17-29-15-9-8-10-16-29/h7-26,28H,27H2,1-6H3/q+1. The molecule has 0 spiro atoms. The van der Waals surface area contributed by atoms with Crippen LogP contribution in [0.1, 0.15) is 51.3 Å². The van der Waals surface area contributed by atoms with Crippen LogP contribution in [0.25, 0.3) is 16.8 Å². The van der Waals surface area contributed by atoms with E-state index in [0.29, 0.717) is 0 Å². The third-order valence-electron chi connectivity index (χ3n) is 8.99. The summed E-state index contributed by atoms with van der Waals surface area (Å²) in [5, 5.41) is 2.61. The number of methoxy groups -OCH3 is 1. The molecule has 0 N–H and O–H groups in total. The van der Waals surface area contributed by atoms with Crippen LogP contribution in [0, 0.1) is 0 Å². The van der Waals surface area contributed by atoms with Gasteiger partial charge >= 0.3 is 0 Å². The normalized spacial score (nSPS) is 18.1. The first-order chi connectivity index (χ1) is 20.8. The molecular formula is C40H41N2O+. The average molecular weight is 566 g/mol. The van der Waals surface area contributed by atoms with Gasteiger partial charge in [0, 0.05) is 40.7 Å². The Morgan fingerprint density at radius 3 is 2.37 bits per heavy atom. The smallest absolute Gasteiger partial charge is 0.210 e. The van der Waals surface area contributed by atoms with Crippen molar-refractivity contribution in [3.8, 4) is 5.75 Å². The number of rotatable bonds is 7. The fraction of sp³-hybridized carbons (Fsp3) is 0.225. The lowest BCUT2D eigenvalue weighted by molar-refractivity contribution is -0.425. The quantitative estimate of drug-likeness (QED) is 0.207. The molecule has 3 heteroatoms. The van der Waals surface area contributed by atoms with Crippen LogP contribution in [0.2, 0.25) is 0 Å². The molecule has 4 aromatic carbocycles. The van der Waals surface area contributed by atoms with Crippen molar-refractivity contribution in [2.75, 3.05) is 18.6 Å². The van der Waals surface area contributed by atoms with Crippen molar-refractivity contribution < 1.29 is 9.31 Å². The Morgan fingerprint density at radius 2 is 1.60 bits per heavy atom. The third kappa shape index (κ3) is 4.93. The Morgan fingerprint density at radius 1 is 0.837 bits per heavy atom. The van der Waals surface area contributed by atoms with Crippen LogP contribution in [0.15, 0.2) is 127 Å². The molecule has 0 aromatic heterocycles. The van der Waals surface area contributed by atoms with Gasteiger partial charge in [-0.2, -0.15) is 4.58 Å². The van der Waals surface area contributed by atoms with E-state index in [9.17, 15) is 0 Å². The summed E-state index contributed by atoms with van der Waals surface area (Å²) in [6.45, 7) is 12.2. The number of fused-ring (bicyclic) bond motifs is 4. The van der Waals surface area contributed by atoms with Crippen molar-refractivity contribution in [1.29, 1.82) is 0 Å². The van der Waals surface area contributed by atoms with E-state index < -0.39 is 0 Å². The van der Waals surface area contributed by atoms with E-state index in [4.69, 9.17) is 4.74 Å². The molecule has 2 aliphatic rings. The lowest BCUT2D eigenvalue weighted by atomic mass is 9.79. The van der Waals surface area contributed by atoms with Gasteiger partial charge < -0.3 is 9.64 Å². The molecule has 216 valence electrons. The maximum Gasteiger partial charge on any atom is 0.210 e. The average Bonchev–Trinajstić information content (AvgIpc) is 3.36. The number of nitrogens with zero attached hydrogens (tertiary/aromatic N) is 2. The molecule has 0 fully saturated rings. The van der Waals surface area contributed by atoms with Gasteiger partial charge in [-0.3, -0.25) is 0 Å². The minimum Gasteiger partial charge on any atom is -0.497 e. The second kappa shape index (κ2) is 11.2. The Hall–Kier alpha value is -4.63. The van der Waals surface area contributed by atoms with Crippen LogP contribution in [-0.4, -0.2) is 23.9 Å². The van der Waals surface area contributed by atoms with Crippen molar-refractivity contribution in [1.82, 2.24) is 0 Å². The SMILES string of the molecule is CC=CN1C(=CC=CC2=[N+](CC=Cc3ccccc3)c3ccc4ccccc4c3C2(C)C)C(C)(C)c2cc(OC)ccc21. The monoisotopic (exact) mass is 565 g/mol. The van der Waals surface area contributed by atoms with Crippen LogP contribution in [0.4, 0.5) is 11.4 Å². The molecule has 4 aromatic rings. The van der Waals surface area contributed by atoms with Crippen LogP contribution in [-0.2, 0) is 10.8 Å². The number of allylic oxidation sites excluding steroid dienone is 5. The molecule has 0 amide bonds. The first kappa shape index (κ1) is 28.5. The molecule has 2 heterocycles.